The molecule has 0 atom stereocenters. The maximum atomic E-state index is 2.54. The molecule has 2 heteroatoms. The number of fused-ring (bicyclic) bond motifs is 19. The Morgan fingerprint density at radius 3 is 1.41 bits per heavy atom. The predicted molar refractivity (Wildman–Crippen MR) is 268 cm³/mol. The van der Waals surface area contributed by atoms with Gasteiger partial charge in [-0.25, -0.2) is 0 Å². The number of rotatable bonds is 4. The molecule has 1 heterocycles. The third-order valence-electron chi connectivity index (χ3n) is 14.1. The number of thiophene rings is 1. The van der Waals surface area contributed by atoms with E-state index in [4.69, 9.17) is 0 Å². The first-order valence-corrected chi connectivity index (χ1v) is 22.7. The average Bonchev–Trinajstić information content (AvgIpc) is 3.98. The van der Waals surface area contributed by atoms with Crippen molar-refractivity contribution in [2.24, 2.45) is 0 Å². The minimum Gasteiger partial charge on any atom is -0.310 e. The molecule has 0 radical (unpaired) electrons. The second kappa shape index (κ2) is 13.1. The van der Waals surface area contributed by atoms with E-state index in [2.05, 4.69) is 229 Å². The third kappa shape index (κ3) is 4.76. The first-order valence-electron chi connectivity index (χ1n) is 21.8. The molecule has 2 aliphatic rings. The Kier molecular flexibility index (Phi) is 7.26. The van der Waals surface area contributed by atoms with Gasteiger partial charge in [0, 0.05) is 37.1 Å². The summed E-state index contributed by atoms with van der Waals surface area (Å²) in [6.07, 6.45) is 0. The van der Waals surface area contributed by atoms with Crippen LogP contribution in [0.3, 0.4) is 0 Å². The standard InChI is InChI=1S/C61H37NS/c1-2-16-44-42(14-1)43-15-3-4-17-45(43)53-37-41(33-35-46(44)53)62(40-31-28-38(29-32-40)39-30-34-51-50-21-8-12-27-58(50)63-59(51)36-39)57-26-13-22-52-49-20-7-11-25-56(49)61(60(52)57)54-23-9-5-18-47(54)48-19-6-10-24-55(48)61/h1-37H. The van der Waals surface area contributed by atoms with E-state index in [0.717, 1.165) is 11.4 Å². The van der Waals surface area contributed by atoms with Gasteiger partial charge in [-0.05, 0) is 125 Å². The molecule has 0 fully saturated rings. The van der Waals surface area contributed by atoms with E-state index in [0.29, 0.717) is 0 Å². The second-order valence-corrected chi connectivity index (χ2v) is 18.2. The number of hydrogen-bond donors (Lipinski definition) is 0. The van der Waals surface area contributed by atoms with Crippen LogP contribution in [0.15, 0.2) is 224 Å². The quantitative estimate of drug-likeness (QED) is 0.160. The largest absolute Gasteiger partial charge is 0.310 e. The van der Waals surface area contributed by atoms with Crippen molar-refractivity contribution < 1.29 is 0 Å². The van der Waals surface area contributed by atoms with E-state index in [-0.39, 0.29) is 0 Å². The summed E-state index contributed by atoms with van der Waals surface area (Å²) in [7, 11) is 0. The molecule has 0 N–H and O–H groups in total. The molecule has 63 heavy (non-hydrogen) atoms. The molecule has 2 aliphatic carbocycles. The molecular formula is C61H37NS. The number of anilines is 3. The van der Waals surface area contributed by atoms with Gasteiger partial charge >= 0.3 is 0 Å². The average molecular weight is 816 g/mol. The summed E-state index contributed by atoms with van der Waals surface area (Å²) in [5.74, 6) is 0. The highest BCUT2D eigenvalue weighted by Gasteiger charge is 2.53. The SMILES string of the molecule is c1ccc2c(c1)-c1ccccc1C21c2ccccc2-c2cccc(N(c3ccc(-c4ccc5c(c4)sc4ccccc45)cc3)c3ccc4c5ccccc5c5ccccc5c4c3)c21. The normalized spacial score (nSPS) is 13.2. The lowest BCUT2D eigenvalue weighted by Gasteiger charge is -2.36. The van der Waals surface area contributed by atoms with Gasteiger partial charge in [0.1, 0.15) is 0 Å². The summed E-state index contributed by atoms with van der Waals surface area (Å²) >= 11 is 1.87. The first kappa shape index (κ1) is 34.9. The Bertz CT molecular complexity index is 3770. The molecule has 12 aromatic rings. The van der Waals surface area contributed by atoms with Crippen LogP contribution in [0.5, 0.6) is 0 Å². The van der Waals surface area contributed by atoms with Crippen molar-refractivity contribution in [1.82, 2.24) is 0 Å². The molecule has 1 aromatic heterocycles. The van der Waals surface area contributed by atoms with Crippen molar-refractivity contribution in [2.45, 2.75) is 5.41 Å². The van der Waals surface area contributed by atoms with Crippen LogP contribution in [0, 0.1) is 0 Å². The Hall–Kier alpha value is -7.78. The van der Waals surface area contributed by atoms with Gasteiger partial charge in [-0.1, -0.05) is 182 Å². The summed E-state index contributed by atoms with van der Waals surface area (Å²) in [5, 5.41) is 10.3. The molecule has 292 valence electrons. The van der Waals surface area contributed by atoms with Crippen LogP contribution in [-0.2, 0) is 5.41 Å². The Labute approximate surface area is 369 Å². The van der Waals surface area contributed by atoms with E-state index in [1.165, 1.54) is 114 Å². The van der Waals surface area contributed by atoms with E-state index in [1.807, 2.05) is 11.3 Å². The van der Waals surface area contributed by atoms with Gasteiger partial charge in [0.2, 0.25) is 0 Å². The molecule has 0 saturated heterocycles. The Balaban J connectivity index is 1.04. The van der Waals surface area contributed by atoms with Gasteiger partial charge in [0.05, 0.1) is 11.1 Å². The lowest BCUT2D eigenvalue weighted by Crippen LogP contribution is -2.28. The molecule has 0 aliphatic heterocycles. The lowest BCUT2D eigenvalue weighted by molar-refractivity contribution is 0.793. The zero-order valence-electron chi connectivity index (χ0n) is 34.2. The van der Waals surface area contributed by atoms with Crippen LogP contribution in [0.25, 0.3) is 85.9 Å². The fourth-order valence-electron chi connectivity index (χ4n) is 11.5. The summed E-state index contributed by atoms with van der Waals surface area (Å²) in [4.78, 5) is 2.54. The van der Waals surface area contributed by atoms with Gasteiger partial charge in [-0.2, -0.15) is 0 Å². The fraction of sp³-hybridized carbons (Fsp3) is 0.0164. The molecule has 1 nitrogen and oxygen atoms in total. The van der Waals surface area contributed by atoms with Crippen LogP contribution in [0.1, 0.15) is 22.3 Å². The van der Waals surface area contributed by atoms with E-state index >= 15 is 0 Å². The van der Waals surface area contributed by atoms with Crippen molar-refractivity contribution in [2.75, 3.05) is 4.90 Å². The van der Waals surface area contributed by atoms with Crippen molar-refractivity contribution >= 4 is 80.9 Å². The summed E-state index contributed by atoms with van der Waals surface area (Å²) in [6.45, 7) is 0. The molecule has 14 rings (SSSR count). The molecule has 0 bridgehead atoms. The monoisotopic (exact) mass is 815 g/mol. The highest BCUT2D eigenvalue weighted by atomic mass is 32.1. The maximum absolute atomic E-state index is 2.54. The van der Waals surface area contributed by atoms with Crippen LogP contribution in [0.2, 0.25) is 0 Å². The van der Waals surface area contributed by atoms with Gasteiger partial charge in [0.25, 0.3) is 0 Å². The topological polar surface area (TPSA) is 3.24 Å². The van der Waals surface area contributed by atoms with E-state index < -0.39 is 5.41 Å². The summed E-state index contributed by atoms with van der Waals surface area (Å²) in [6, 6.07) is 84.2. The van der Waals surface area contributed by atoms with Gasteiger partial charge in [0.15, 0.2) is 0 Å². The van der Waals surface area contributed by atoms with Crippen molar-refractivity contribution in [3.05, 3.63) is 247 Å². The maximum Gasteiger partial charge on any atom is 0.0746 e. The Morgan fingerprint density at radius 2 is 0.762 bits per heavy atom. The number of hydrogen-bond acceptors (Lipinski definition) is 2. The molecule has 0 amide bonds. The van der Waals surface area contributed by atoms with E-state index in [9.17, 15) is 0 Å². The number of nitrogens with zero attached hydrogens (tertiary/aromatic N) is 1. The van der Waals surface area contributed by atoms with Gasteiger partial charge in [-0.15, -0.1) is 11.3 Å². The number of benzene rings is 11. The van der Waals surface area contributed by atoms with Crippen molar-refractivity contribution in [1.29, 1.82) is 0 Å². The molecular weight excluding hydrogens is 779 g/mol. The van der Waals surface area contributed by atoms with Gasteiger partial charge < -0.3 is 4.90 Å². The Morgan fingerprint density at radius 1 is 0.302 bits per heavy atom. The molecule has 11 aromatic carbocycles. The van der Waals surface area contributed by atoms with Crippen LogP contribution in [-0.4, -0.2) is 0 Å². The highest BCUT2D eigenvalue weighted by Crippen LogP contribution is 2.65. The minimum atomic E-state index is -0.507. The highest BCUT2D eigenvalue weighted by molar-refractivity contribution is 7.25. The second-order valence-electron chi connectivity index (χ2n) is 17.1. The van der Waals surface area contributed by atoms with Crippen LogP contribution in [0.4, 0.5) is 17.1 Å². The smallest absolute Gasteiger partial charge is 0.0746 e. The lowest BCUT2D eigenvalue weighted by atomic mass is 9.70. The minimum absolute atomic E-state index is 0.507. The van der Waals surface area contributed by atoms with Crippen molar-refractivity contribution in [3.8, 4) is 33.4 Å². The summed E-state index contributed by atoms with van der Waals surface area (Å²) in [5.41, 5.74) is 15.9. The van der Waals surface area contributed by atoms with Crippen LogP contribution < -0.4 is 4.90 Å². The van der Waals surface area contributed by atoms with E-state index in [1.54, 1.807) is 0 Å². The van der Waals surface area contributed by atoms with Gasteiger partial charge in [-0.3, -0.25) is 0 Å². The zero-order chi connectivity index (χ0) is 41.2. The van der Waals surface area contributed by atoms with Crippen LogP contribution >= 0.6 is 11.3 Å². The third-order valence-corrected chi connectivity index (χ3v) is 15.2. The first-order chi connectivity index (χ1) is 31.3. The van der Waals surface area contributed by atoms with Crippen molar-refractivity contribution in [3.63, 3.8) is 0 Å². The fourth-order valence-corrected chi connectivity index (χ4v) is 12.6. The summed E-state index contributed by atoms with van der Waals surface area (Å²) < 4.78 is 2.65. The predicted octanol–water partition coefficient (Wildman–Crippen LogP) is 17.0. The molecule has 1 spiro atoms. The molecule has 0 saturated carbocycles. The zero-order valence-corrected chi connectivity index (χ0v) is 35.0. The molecule has 0 unspecified atom stereocenters.